The number of anilines is 1. The molecule has 1 aliphatic carbocycles. The third-order valence-corrected chi connectivity index (χ3v) is 7.37. The van der Waals surface area contributed by atoms with Crippen molar-refractivity contribution < 1.29 is 23.8 Å². The molecule has 3 heterocycles. The highest BCUT2D eigenvalue weighted by Crippen LogP contribution is 2.39. The highest BCUT2D eigenvalue weighted by atomic mass is 32.1. The lowest BCUT2D eigenvalue weighted by Crippen LogP contribution is -2.32. The summed E-state index contributed by atoms with van der Waals surface area (Å²) in [6, 6.07) is 12.3. The zero-order valence-electron chi connectivity index (χ0n) is 21.0. The van der Waals surface area contributed by atoms with Crippen LogP contribution >= 0.6 is 23.6 Å². The quantitative estimate of drug-likeness (QED) is 0.203. The van der Waals surface area contributed by atoms with E-state index in [1.807, 2.05) is 18.2 Å². The Balaban J connectivity index is 1.30. The van der Waals surface area contributed by atoms with Crippen LogP contribution in [0.25, 0.3) is 20.8 Å². The van der Waals surface area contributed by atoms with Crippen LogP contribution in [0.1, 0.15) is 18.4 Å². The molecule has 3 N–H and O–H groups in total. The number of fused-ring (bicyclic) bond motifs is 1. The summed E-state index contributed by atoms with van der Waals surface area (Å²) in [7, 11) is 1.53. The second-order valence-corrected chi connectivity index (χ2v) is 10.5. The fourth-order valence-electron chi connectivity index (χ4n) is 3.81. The SMILES string of the molecule is COCCN(Cc1ccc(-c2cc3nccc(Oc4ccc(NC(=S)NC5CC5)cc4F)c3s2)nc1)C(=O)O. The minimum atomic E-state index is -1.02. The highest BCUT2D eigenvalue weighted by Gasteiger charge is 2.22. The minimum absolute atomic E-state index is 0.0861. The van der Waals surface area contributed by atoms with Crippen LogP contribution in [0, 0.1) is 5.82 Å². The maximum absolute atomic E-state index is 14.9. The number of hydrogen-bond acceptors (Lipinski definition) is 7. The summed E-state index contributed by atoms with van der Waals surface area (Å²) in [4.78, 5) is 22.6. The smallest absolute Gasteiger partial charge is 0.407 e. The first-order valence-electron chi connectivity index (χ1n) is 12.2. The van der Waals surface area contributed by atoms with Crippen molar-refractivity contribution in [3.05, 3.63) is 66.2 Å². The number of halogens is 1. The highest BCUT2D eigenvalue weighted by molar-refractivity contribution is 7.80. The molecule has 0 bridgehead atoms. The van der Waals surface area contributed by atoms with Crippen LogP contribution in [0.5, 0.6) is 11.5 Å². The molecule has 4 aromatic rings. The Morgan fingerprint density at radius 1 is 1.21 bits per heavy atom. The van der Waals surface area contributed by atoms with Gasteiger partial charge in [0.05, 0.1) is 33.9 Å². The molecule has 0 spiro atoms. The standard InChI is InChI=1S/C27H26FN5O4S2/c1-36-11-10-33(27(34)35)15-16-2-6-20(30-14-16)24-13-21-25(39-24)23(8-9-29-21)37-22-7-5-18(12-19(22)28)32-26(38)31-17-3-4-17/h2,5-9,12-14,17H,3-4,10-11,15H2,1H3,(H,34,35)(H2,31,32,38). The van der Waals surface area contributed by atoms with Gasteiger partial charge in [0, 0.05) is 49.9 Å². The summed E-state index contributed by atoms with van der Waals surface area (Å²) in [5, 5.41) is 16.0. The number of ether oxygens (including phenoxy) is 2. The topological polar surface area (TPSA) is 109 Å². The van der Waals surface area contributed by atoms with Crippen molar-refractivity contribution in [1.82, 2.24) is 20.2 Å². The van der Waals surface area contributed by atoms with Gasteiger partial charge in [0.25, 0.3) is 0 Å². The van der Waals surface area contributed by atoms with E-state index in [0.717, 1.165) is 28.0 Å². The van der Waals surface area contributed by atoms with Gasteiger partial charge in [0.2, 0.25) is 0 Å². The maximum Gasteiger partial charge on any atom is 0.407 e. The number of thiocarbonyl (C=S) groups is 1. The first-order chi connectivity index (χ1) is 18.9. The molecule has 1 saturated carbocycles. The Kier molecular flexibility index (Phi) is 8.15. The van der Waals surface area contributed by atoms with E-state index in [1.165, 1.54) is 29.4 Å². The summed E-state index contributed by atoms with van der Waals surface area (Å²) in [6.07, 6.45) is 4.44. The second-order valence-electron chi connectivity index (χ2n) is 9.00. The van der Waals surface area contributed by atoms with Gasteiger partial charge in [-0.3, -0.25) is 9.97 Å². The lowest BCUT2D eigenvalue weighted by molar-refractivity contribution is 0.115. The molecule has 0 saturated heterocycles. The fraction of sp³-hybridized carbons (Fsp3) is 0.259. The second kappa shape index (κ2) is 11.9. The third kappa shape index (κ3) is 6.77. The van der Waals surface area contributed by atoms with Crippen LogP contribution in [0.2, 0.25) is 0 Å². The number of nitrogens with zero attached hydrogens (tertiary/aromatic N) is 3. The average molecular weight is 568 g/mol. The minimum Gasteiger partial charge on any atom is -0.465 e. The average Bonchev–Trinajstić information content (AvgIpc) is 3.61. The van der Waals surface area contributed by atoms with Crippen LogP contribution in [0.4, 0.5) is 14.9 Å². The lowest BCUT2D eigenvalue weighted by Gasteiger charge is -2.18. The van der Waals surface area contributed by atoms with Gasteiger partial charge in [0.1, 0.15) is 5.75 Å². The molecule has 3 aromatic heterocycles. The molecule has 1 fully saturated rings. The lowest BCUT2D eigenvalue weighted by atomic mass is 10.2. The largest absolute Gasteiger partial charge is 0.465 e. The van der Waals surface area contributed by atoms with Crippen molar-refractivity contribution in [3.8, 4) is 22.1 Å². The molecule has 0 atom stereocenters. The van der Waals surface area contributed by atoms with Crippen molar-refractivity contribution in [2.24, 2.45) is 0 Å². The van der Waals surface area contributed by atoms with Gasteiger partial charge in [-0.05, 0) is 54.9 Å². The van der Waals surface area contributed by atoms with E-state index in [9.17, 15) is 14.3 Å². The predicted molar refractivity (Wildman–Crippen MR) is 152 cm³/mol. The Morgan fingerprint density at radius 3 is 2.74 bits per heavy atom. The Labute approximate surface area is 233 Å². The number of carbonyl (C=O) groups is 1. The van der Waals surface area contributed by atoms with Crippen molar-refractivity contribution in [2.45, 2.75) is 25.4 Å². The van der Waals surface area contributed by atoms with Crippen molar-refractivity contribution in [1.29, 1.82) is 0 Å². The molecule has 1 amide bonds. The molecule has 0 radical (unpaired) electrons. The summed E-state index contributed by atoms with van der Waals surface area (Å²) in [5.74, 6) is 0.0470. The molecule has 0 aliphatic heterocycles. The van der Waals surface area contributed by atoms with E-state index in [1.54, 1.807) is 30.6 Å². The summed E-state index contributed by atoms with van der Waals surface area (Å²) in [6.45, 7) is 0.789. The number of rotatable bonds is 10. The molecular weight excluding hydrogens is 541 g/mol. The van der Waals surface area contributed by atoms with Crippen molar-refractivity contribution in [3.63, 3.8) is 0 Å². The van der Waals surface area contributed by atoms with Crippen LogP contribution in [-0.4, -0.2) is 57.5 Å². The number of hydrogen-bond donors (Lipinski definition) is 3. The van der Waals surface area contributed by atoms with Crippen molar-refractivity contribution in [2.75, 3.05) is 25.6 Å². The molecule has 39 heavy (non-hydrogen) atoms. The first kappa shape index (κ1) is 26.7. The predicted octanol–water partition coefficient (Wildman–Crippen LogP) is 5.86. The van der Waals surface area contributed by atoms with Gasteiger partial charge in [-0.25, -0.2) is 9.18 Å². The molecule has 12 heteroatoms. The number of methoxy groups -OCH3 is 1. The Bertz CT molecular complexity index is 1490. The van der Waals surface area contributed by atoms with Gasteiger partial charge < -0.3 is 30.1 Å². The molecular formula is C27H26FN5O4S2. The monoisotopic (exact) mass is 567 g/mol. The van der Waals surface area contributed by atoms with Crippen LogP contribution in [0.15, 0.2) is 54.9 Å². The maximum atomic E-state index is 14.9. The zero-order valence-corrected chi connectivity index (χ0v) is 22.7. The molecule has 5 rings (SSSR count). The van der Waals surface area contributed by atoms with E-state index < -0.39 is 11.9 Å². The molecule has 9 nitrogen and oxygen atoms in total. The number of amides is 1. The van der Waals surface area contributed by atoms with E-state index in [2.05, 4.69) is 20.6 Å². The first-order valence-corrected chi connectivity index (χ1v) is 13.5. The number of pyridine rings is 2. The summed E-state index contributed by atoms with van der Waals surface area (Å²) in [5.41, 5.74) is 2.71. The van der Waals surface area contributed by atoms with Crippen LogP contribution < -0.4 is 15.4 Å². The Hall–Kier alpha value is -3.87. The van der Waals surface area contributed by atoms with Gasteiger partial charge >= 0.3 is 6.09 Å². The van der Waals surface area contributed by atoms with Crippen LogP contribution in [-0.2, 0) is 11.3 Å². The van der Waals surface area contributed by atoms with Gasteiger partial charge in [-0.2, -0.15) is 0 Å². The van der Waals surface area contributed by atoms with E-state index in [-0.39, 0.29) is 18.8 Å². The Morgan fingerprint density at radius 2 is 2.05 bits per heavy atom. The van der Waals surface area contributed by atoms with Crippen LogP contribution in [0.3, 0.4) is 0 Å². The normalized spacial score (nSPS) is 12.8. The number of carboxylic acid groups (broad SMARTS) is 1. The van der Waals surface area contributed by atoms with Crippen molar-refractivity contribution >= 4 is 50.7 Å². The number of thiophene rings is 1. The van der Waals surface area contributed by atoms with E-state index >= 15 is 0 Å². The molecule has 1 aromatic carbocycles. The fourth-order valence-corrected chi connectivity index (χ4v) is 5.14. The van der Waals surface area contributed by atoms with Gasteiger partial charge in [-0.15, -0.1) is 11.3 Å². The van der Waals surface area contributed by atoms with Gasteiger partial charge in [-0.1, -0.05) is 6.07 Å². The summed E-state index contributed by atoms with van der Waals surface area (Å²) < 4.78 is 26.6. The molecule has 1 aliphatic rings. The number of aromatic nitrogens is 2. The summed E-state index contributed by atoms with van der Waals surface area (Å²) >= 11 is 6.69. The van der Waals surface area contributed by atoms with Gasteiger partial charge in [0.15, 0.2) is 16.7 Å². The molecule has 0 unspecified atom stereocenters. The molecule has 202 valence electrons. The third-order valence-electron chi connectivity index (χ3n) is 5.98. The zero-order chi connectivity index (χ0) is 27.4. The number of nitrogens with one attached hydrogen (secondary N) is 2. The van der Waals surface area contributed by atoms with E-state index in [4.69, 9.17) is 21.7 Å². The number of benzene rings is 1. The van der Waals surface area contributed by atoms with E-state index in [0.29, 0.717) is 40.4 Å².